The van der Waals surface area contributed by atoms with Crippen LogP contribution in [0, 0.1) is 18.2 Å². The van der Waals surface area contributed by atoms with E-state index in [0.29, 0.717) is 35.4 Å². The van der Waals surface area contributed by atoms with Crippen LogP contribution < -0.4 is 9.64 Å². The first kappa shape index (κ1) is 20.3. The average molecular weight is 412 g/mol. The number of anilines is 1. The highest BCUT2D eigenvalue weighted by molar-refractivity contribution is 6.01. The van der Waals surface area contributed by atoms with Crippen LogP contribution in [0.1, 0.15) is 12.5 Å². The molecule has 0 spiro atoms. The van der Waals surface area contributed by atoms with Gasteiger partial charge in [0.05, 0.1) is 12.5 Å². The van der Waals surface area contributed by atoms with Crippen molar-refractivity contribution in [3.63, 3.8) is 0 Å². The Labute approximate surface area is 180 Å². The molecule has 0 fully saturated rings. The van der Waals surface area contributed by atoms with Crippen LogP contribution in [-0.2, 0) is 0 Å². The van der Waals surface area contributed by atoms with E-state index >= 15 is 4.39 Å². The summed E-state index contributed by atoms with van der Waals surface area (Å²) in [4.78, 5) is 15.2. The zero-order chi connectivity index (χ0) is 22.0. The molecule has 0 aliphatic carbocycles. The summed E-state index contributed by atoms with van der Waals surface area (Å²) in [5.74, 6) is 2.69. The normalized spacial score (nSPS) is 10.8. The molecule has 5 nitrogen and oxygen atoms in total. The number of hydrogen-bond donors (Lipinski definition) is 0. The van der Waals surface area contributed by atoms with Gasteiger partial charge in [0.1, 0.15) is 17.0 Å². The van der Waals surface area contributed by atoms with Crippen molar-refractivity contribution in [2.45, 2.75) is 6.92 Å². The highest BCUT2D eigenvalue weighted by Crippen LogP contribution is 2.35. The van der Waals surface area contributed by atoms with E-state index < -0.39 is 5.82 Å². The number of likely N-dealkylation sites (N-methyl/N-ethyl adjacent to an activating group) is 1. The summed E-state index contributed by atoms with van der Waals surface area (Å²) in [7, 11) is 1.46. The molecule has 154 valence electrons. The number of rotatable bonds is 6. The number of benzene rings is 2. The number of aromatic nitrogens is 3. The van der Waals surface area contributed by atoms with E-state index in [-0.39, 0.29) is 17.2 Å². The van der Waals surface area contributed by atoms with Crippen molar-refractivity contribution in [1.82, 2.24) is 15.0 Å². The van der Waals surface area contributed by atoms with E-state index in [1.54, 1.807) is 12.3 Å². The smallest absolute Gasteiger partial charge is 0.318 e. The van der Waals surface area contributed by atoms with Crippen molar-refractivity contribution >= 4 is 27.5 Å². The Morgan fingerprint density at radius 2 is 2.00 bits per heavy atom. The van der Waals surface area contributed by atoms with Gasteiger partial charge in [-0.1, -0.05) is 42.3 Å². The number of fused-ring (bicyclic) bond motifs is 2. The standard InChI is InChI=1S/C25H21FN4O/c1-5-14-30(7-3)24-19-15-27-22(21(26)23(19)28-25(29-24)31-4)18-13-9-12-17-11-8-10-16(6-2)20(17)18/h2,5,8-13,15H,1,7,14H2,3-4H3. The molecule has 4 rings (SSSR count). The zero-order valence-electron chi connectivity index (χ0n) is 17.4. The zero-order valence-corrected chi connectivity index (χ0v) is 17.4. The predicted octanol–water partition coefficient (Wildman–Crippen LogP) is 4.99. The SMILES string of the molecule is C#Cc1cccc2cccc(-c3ncc4c(N(CC)CC=C)nc(OC)nc4c3F)c12. The minimum Gasteiger partial charge on any atom is -0.467 e. The fourth-order valence-electron chi connectivity index (χ4n) is 3.72. The number of nitrogens with zero attached hydrogens (tertiary/aromatic N) is 4. The second-order valence-electron chi connectivity index (χ2n) is 6.90. The largest absolute Gasteiger partial charge is 0.467 e. The highest BCUT2D eigenvalue weighted by atomic mass is 19.1. The molecule has 2 heterocycles. The molecule has 4 aromatic rings. The third-order valence-electron chi connectivity index (χ3n) is 5.17. The molecule has 0 atom stereocenters. The van der Waals surface area contributed by atoms with Crippen LogP contribution in [0.4, 0.5) is 10.2 Å². The van der Waals surface area contributed by atoms with Gasteiger partial charge in [-0.3, -0.25) is 4.98 Å². The van der Waals surface area contributed by atoms with Crippen LogP contribution in [0.2, 0.25) is 0 Å². The van der Waals surface area contributed by atoms with Crippen LogP contribution in [0.25, 0.3) is 32.9 Å². The number of pyridine rings is 1. The minimum atomic E-state index is -0.548. The van der Waals surface area contributed by atoms with E-state index in [9.17, 15) is 0 Å². The fraction of sp³-hybridized carbons (Fsp3) is 0.160. The monoisotopic (exact) mass is 412 g/mol. The van der Waals surface area contributed by atoms with Crippen LogP contribution in [0.3, 0.4) is 0 Å². The maximum atomic E-state index is 15.9. The Morgan fingerprint density at radius 1 is 1.23 bits per heavy atom. The third kappa shape index (κ3) is 3.44. The highest BCUT2D eigenvalue weighted by Gasteiger charge is 2.21. The van der Waals surface area contributed by atoms with Gasteiger partial charge in [0.2, 0.25) is 0 Å². The first-order valence-electron chi connectivity index (χ1n) is 9.87. The molecule has 6 heteroatoms. The summed E-state index contributed by atoms with van der Waals surface area (Å²) < 4.78 is 21.1. The molecular formula is C25H21FN4O. The van der Waals surface area contributed by atoms with Gasteiger partial charge in [0.15, 0.2) is 5.82 Å². The maximum Gasteiger partial charge on any atom is 0.318 e. The van der Waals surface area contributed by atoms with E-state index in [1.807, 2.05) is 48.2 Å². The van der Waals surface area contributed by atoms with Crippen molar-refractivity contribution in [3.8, 4) is 29.6 Å². The number of terminal acetylenes is 1. The van der Waals surface area contributed by atoms with Crippen molar-refractivity contribution in [2.75, 3.05) is 25.1 Å². The Morgan fingerprint density at radius 3 is 2.68 bits per heavy atom. The van der Waals surface area contributed by atoms with E-state index in [1.165, 1.54) is 7.11 Å². The first-order valence-corrected chi connectivity index (χ1v) is 9.87. The van der Waals surface area contributed by atoms with Gasteiger partial charge in [-0.2, -0.15) is 9.97 Å². The summed E-state index contributed by atoms with van der Waals surface area (Å²) >= 11 is 0. The quantitative estimate of drug-likeness (QED) is 0.330. The molecule has 0 aliphatic heterocycles. The molecule has 0 amide bonds. The molecule has 0 aliphatic rings. The molecule has 0 radical (unpaired) electrons. The van der Waals surface area contributed by atoms with Gasteiger partial charge < -0.3 is 9.64 Å². The Hall–Kier alpha value is -3.98. The molecule has 0 saturated heterocycles. The van der Waals surface area contributed by atoms with Crippen LogP contribution in [-0.4, -0.2) is 35.2 Å². The van der Waals surface area contributed by atoms with Gasteiger partial charge in [-0.15, -0.1) is 13.0 Å². The fourth-order valence-corrected chi connectivity index (χ4v) is 3.72. The lowest BCUT2D eigenvalue weighted by molar-refractivity contribution is 0.381. The number of halogens is 1. The van der Waals surface area contributed by atoms with Crippen molar-refractivity contribution in [3.05, 3.63) is 66.6 Å². The molecule has 0 unspecified atom stereocenters. The molecule has 0 N–H and O–H groups in total. The van der Waals surface area contributed by atoms with Crippen LogP contribution in [0.5, 0.6) is 6.01 Å². The summed E-state index contributed by atoms with van der Waals surface area (Å²) in [6.07, 6.45) is 9.08. The lowest BCUT2D eigenvalue weighted by Gasteiger charge is -2.22. The van der Waals surface area contributed by atoms with Gasteiger partial charge >= 0.3 is 6.01 Å². The van der Waals surface area contributed by atoms with Crippen molar-refractivity contribution < 1.29 is 9.13 Å². The van der Waals surface area contributed by atoms with E-state index in [2.05, 4.69) is 27.5 Å². The molecule has 31 heavy (non-hydrogen) atoms. The number of hydrogen-bond acceptors (Lipinski definition) is 5. The topological polar surface area (TPSA) is 51.1 Å². The Bertz CT molecular complexity index is 1340. The minimum absolute atomic E-state index is 0.0864. The van der Waals surface area contributed by atoms with Crippen LogP contribution in [0.15, 0.2) is 55.3 Å². The third-order valence-corrected chi connectivity index (χ3v) is 5.17. The Balaban J connectivity index is 2.03. The van der Waals surface area contributed by atoms with Gasteiger partial charge in [-0.05, 0) is 18.4 Å². The van der Waals surface area contributed by atoms with Gasteiger partial charge in [0, 0.05) is 35.8 Å². The summed E-state index contributed by atoms with van der Waals surface area (Å²) in [5.41, 5.74) is 1.62. The van der Waals surface area contributed by atoms with E-state index in [4.69, 9.17) is 11.2 Å². The second kappa shape index (κ2) is 8.41. The van der Waals surface area contributed by atoms with Crippen molar-refractivity contribution in [1.29, 1.82) is 0 Å². The molecule has 2 aromatic carbocycles. The lowest BCUT2D eigenvalue weighted by atomic mass is 9.97. The molecule has 0 bridgehead atoms. The Kier molecular flexibility index (Phi) is 5.50. The van der Waals surface area contributed by atoms with E-state index in [0.717, 1.165) is 10.8 Å². The first-order chi connectivity index (χ1) is 15.1. The number of methoxy groups -OCH3 is 1. The van der Waals surface area contributed by atoms with Gasteiger partial charge in [0.25, 0.3) is 0 Å². The maximum absolute atomic E-state index is 15.9. The summed E-state index contributed by atoms with van der Waals surface area (Å²) in [5, 5.41) is 2.20. The summed E-state index contributed by atoms with van der Waals surface area (Å²) in [6, 6.07) is 11.4. The molecule has 2 aromatic heterocycles. The average Bonchev–Trinajstić information content (AvgIpc) is 2.81. The van der Waals surface area contributed by atoms with Crippen molar-refractivity contribution in [2.24, 2.45) is 0 Å². The lowest BCUT2D eigenvalue weighted by Crippen LogP contribution is -2.24. The van der Waals surface area contributed by atoms with Gasteiger partial charge in [-0.25, -0.2) is 4.39 Å². The second-order valence-corrected chi connectivity index (χ2v) is 6.90. The van der Waals surface area contributed by atoms with Crippen LogP contribution >= 0.6 is 0 Å². The predicted molar refractivity (Wildman–Crippen MR) is 123 cm³/mol. The molecular weight excluding hydrogens is 391 g/mol. The molecule has 0 saturated carbocycles. The summed E-state index contributed by atoms with van der Waals surface area (Å²) in [6.45, 7) is 6.97. The number of ether oxygens (including phenoxy) is 1.